The molecule has 1 heterocycles. The Hall–Kier alpha value is -3.53. The van der Waals surface area contributed by atoms with Gasteiger partial charge in [-0.15, -0.1) is 0 Å². The minimum atomic E-state index is -0.351. The quantitative estimate of drug-likeness (QED) is 0.579. The van der Waals surface area contributed by atoms with Gasteiger partial charge in [0.05, 0.1) is 5.41 Å². The third-order valence-corrected chi connectivity index (χ3v) is 6.69. The summed E-state index contributed by atoms with van der Waals surface area (Å²) in [7, 11) is 0. The van der Waals surface area contributed by atoms with Gasteiger partial charge in [0.25, 0.3) is 0 Å². The molecule has 4 nitrogen and oxygen atoms in total. The number of aromatic hydroxyl groups is 2. The predicted molar refractivity (Wildman–Crippen MR) is 123 cm³/mol. The Morgan fingerprint density at radius 3 is 2.19 bits per heavy atom. The van der Waals surface area contributed by atoms with E-state index in [0.717, 1.165) is 48.1 Å². The van der Waals surface area contributed by atoms with Crippen molar-refractivity contribution >= 4 is 5.78 Å². The summed E-state index contributed by atoms with van der Waals surface area (Å²) in [5, 5.41) is 19.6. The Balaban J connectivity index is 1.43. The van der Waals surface area contributed by atoms with Gasteiger partial charge >= 0.3 is 0 Å². The first-order valence-electron chi connectivity index (χ1n) is 11.1. The Bertz CT molecular complexity index is 1200. The molecule has 0 fully saturated rings. The van der Waals surface area contributed by atoms with Crippen molar-refractivity contribution in [3.05, 3.63) is 101 Å². The molecule has 3 aromatic rings. The van der Waals surface area contributed by atoms with Crippen molar-refractivity contribution in [2.24, 2.45) is 0 Å². The van der Waals surface area contributed by atoms with Crippen molar-refractivity contribution in [3.8, 4) is 17.2 Å². The van der Waals surface area contributed by atoms with Gasteiger partial charge < -0.3 is 14.9 Å². The molecule has 162 valence electrons. The highest BCUT2D eigenvalue weighted by Crippen LogP contribution is 2.50. The number of ether oxygens (including phenoxy) is 1. The molecule has 3 aromatic carbocycles. The number of hydrogen-bond donors (Lipinski definition) is 2. The number of aryl methyl sites for hydroxylation is 3. The normalized spacial score (nSPS) is 21.1. The maximum atomic E-state index is 12.2. The molecule has 2 aliphatic rings. The first-order valence-corrected chi connectivity index (χ1v) is 11.1. The van der Waals surface area contributed by atoms with Gasteiger partial charge in [-0.1, -0.05) is 42.5 Å². The van der Waals surface area contributed by atoms with E-state index in [4.69, 9.17) is 4.74 Å². The fourth-order valence-corrected chi connectivity index (χ4v) is 4.99. The minimum Gasteiger partial charge on any atom is -0.508 e. The molecule has 2 atom stereocenters. The Kier molecular flexibility index (Phi) is 5.22. The SMILES string of the molecule is O=C1C=CC2(CCc3cccc(O)c3)c3cc(CCc4cccc(O)c4)ccc3OC2C1. The smallest absolute Gasteiger partial charge is 0.159 e. The van der Waals surface area contributed by atoms with E-state index in [2.05, 4.69) is 12.1 Å². The number of fused-ring (bicyclic) bond motifs is 3. The molecule has 0 spiro atoms. The number of rotatable bonds is 6. The average Bonchev–Trinajstić information content (AvgIpc) is 3.09. The van der Waals surface area contributed by atoms with Crippen LogP contribution in [-0.2, 0) is 29.5 Å². The van der Waals surface area contributed by atoms with Crippen LogP contribution in [0.15, 0.2) is 78.9 Å². The van der Waals surface area contributed by atoms with Crippen LogP contribution >= 0.6 is 0 Å². The monoisotopic (exact) mass is 426 g/mol. The van der Waals surface area contributed by atoms with Crippen LogP contribution in [0.2, 0.25) is 0 Å². The summed E-state index contributed by atoms with van der Waals surface area (Å²) < 4.78 is 6.28. The molecule has 0 saturated heterocycles. The van der Waals surface area contributed by atoms with Gasteiger partial charge in [0.1, 0.15) is 23.4 Å². The second kappa shape index (κ2) is 8.19. The zero-order chi connectivity index (χ0) is 22.1. The summed E-state index contributed by atoms with van der Waals surface area (Å²) in [6, 6.07) is 21.1. The molecule has 0 radical (unpaired) electrons. The first-order chi connectivity index (χ1) is 15.5. The second-order valence-electron chi connectivity index (χ2n) is 8.82. The molecular formula is C28H26O4. The van der Waals surface area contributed by atoms with E-state index in [1.165, 1.54) is 5.56 Å². The van der Waals surface area contributed by atoms with E-state index >= 15 is 0 Å². The molecule has 5 rings (SSSR count). The zero-order valence-corrected chi connectivity index (χ0v) is 17.8. The number of ketones is 1. The predicted octanol–water partition coefficient (Wildman–Crippen LogP) is 5.04. The lowest BCUT2D eigenvalue weighted by molar-refractivity contribution is -0.117. The zero-order valence-electron chi connectivity index (χ0n) is 17.8. The highest BCUT2D eigenvalue weighted by molar-refractivity contribution is 5.92. The highest BCUT2D eigenvalue weighted by Gasteiger charge is 2.49. The molecule has 2 N–H and O–H groups in total. The van der Waals surface area contributed by atoms with Crippen LogP contribution in [0.3, 0.4) is 0 Å². The molecule has 4 heteroatoms. The molecule has 0 bridgehead atoms. The van der Waals surface area contributed by atoms with E-state index in [-0.39, 0.29) is 28.8 Å². The Morgan fingerprint density at radius 1 is 0.844 bits per heavy atom. The number of carbonyl (C=O) groups excluding carboxylic acids is 1. The lowest BCUT2D eigenvalue weighted by Gasteiger charge is -2.34. The molecule has 1 aliphatic heterocycles. The fraction of sp³-hybridized carbons (Fsp3) is 0.250. The largest absolute Gasteiger partial charge is 0.508 e. The highest BCUT2D eigenvalue weighted by atomic mass is 16.5. The Morgan fingerprint density at radius 2 is 1.50 bits per heavy atom. The number of carbonyl (C=O) groups is 1. The van der Waals surface area contributed by atoms with E-state index in [1.54, 1.807) is 30.3 Å². The average molecular weight is 427 g/mol. The van der Waals surface area contributed by atoms with E-state index in [9.17, 15) is 15.0 Å². The molecule has 0 amide bonds. The van der Waals surface area contributed by atoms with Crippen LogP contribution in [0.4, 0.5) is 0 Å². The van der Waals surface area contributed by atoms with Crippen molar-refractivity contribution in [1.29, 1.82) is 0 Å². The van der Waals surface area contributed by atoms with Gasteiger partial charge in [0, 0.05) is 12.0 Å². The van der Waals surface area contributed by atoms with Crippen molar-refractivity contribution in [1.82, 2.24) is 0 Å². The molecule has 1 aliphatic carbocycles. The summed E-state index contributed by atoms with van der Waals surface area (Å²) in [6.45, 7) is 0. The van der Waals surface area contributed by atoms with Crippen LogP contribution in [-0.4, -0.2) is 22.1 Å². The standard InChI is InChI=1S/C28H26O4/c29-22-5-1-3-19(15-22)7-8-21-9-10-26-25(17-21)28(14-12-24(31)18-27(28)32-26)13-11-20-4-2-6-23(30)16-20/h1-6,9-10,12,14-17,27,29-30H,7-8,11,13,18H2. The maximum Gasteiger partial charge on any atom is 0.159 e. The van der Waals surface area contributed by atoms with E-state index < -0.39 is 0 Å². The topological polar surface area (TPSA) is 66.8 Å². The van der Waals surface area contributed by atoms with Crippen LogP contribution in [0.1, 0.15) is 35.1 Å². The van der Waals surface area contributed by atoms with Crippen molar-refractivity contribution in [3.63, 3.8) is 0 Å². The van der Waals surface area contributed by atoms with Crippen molar-refractivity contribution in [2.75, 3.05) is 0 Å². The third kappa shape index (κ3) is 3.89. The molecule has 2 unspecified atom stereocenters. The number of phenolic OH excluding ortho intramolecular Hbond substituents is 2. The molecule has 32 heavy (non-hydrogen) atoms. The van der Waals surface area contributed by atoms with Crippen LogP contribution in [0.25, 0.3) is 0 Å². The number of allylic oxidation sites excluding steroid dienone is 1. The molecule has 0 saturated carbocycles. The number of hydrogen-bond acceptors (Lipinski definition) is 4. The number of benzene rings is 3. The van der Waals surface area contributed by atoms with Crippen molar-refractivity contribution < 1.29 is 19.7 Å². The van der Waals surface area contributed by atoms with Gasteiger partial charge in [-0.3, -0.25) is 4.79 Å². The lowest BCUT2D eigenvalue weighted by atomic mass is 9.69. The van der Waals surface area contributed by atoms with Gasteiger partial charge in [0.15, 0.2) is 5.78 Å². The van der Waals surface area contributed by atoms with Crippen LogP contribution in [0.5, 0.6) is 17.2 Å². The summed E-state index contributed by atoms with van der Waals surface area (Å²) in [6.07, 6.45) is 7.19. The lowest BCUT2D eigenvalue weighted by Crippen LogP contribution is -2.41. The van der Waals surface area contributed by atoms with Gasteiger partial charge in [0.2, 0.25) is 0 Å². The van der Waals surface area contributed by atoms with Gasteiger partial charge in [-0.05, 0) is 78.8 Å². The summed E-state index contributed by atoms with van der Waals surface area (Å²) in [5.74, 6) is 1.50. The van der Waals surface area contributed by atoms with Crippen LogP contribution in [0, 0.1) is 0 Å². The van der Waals surface area contributed by atoms with Crippen LogP contribution < -0.4 is 4.74 Å². The first kappa shape index (κ1) is 20.4. The fourth-order valence-electron chi connectivity index (χ4n) is 4.99. The van der Waals surface area contributed by atoms with Crippen molar-refractivity contribution in [2.45, 2.75) is 43.6 Å². The van der Waals surface area contributed by atoms with Gasteiger partial charge in [-0.25, -0.2) is 0 Å². The Labute approximate surface area is 187 Å². The maximum absolute atomic E-state index is 12.2. The number of phenols is 2. The summed E-state index contributed by atoms with van der Waals surface area (Å²) >= 11 is 0. The molecular weight excluding hydrogens is 400 g/mol. The molecule has 0 aromatic heterocycles. The summed E-state index contributed by atoms with van der Waals surface area (Å²) in [5.41, 5.74) is 4.16. The second-order valence-corrected chi connectivity index (χ2v) is 8.82. The van der Waals surface area contributed by atoms with Gasteiger partial charge in [-0.2, -0.15) is 0 Å². The summed E-state index contributed by atoms with van der Waals surface area (Å²) in [4.78, 5) is 12.2. The van der Waals surface area contributed by atoms with E-state index in [0.29, 0.717) is 6.42 Å². The minimum absolute atomic E-state index is 0.0971. The van der Waals surface area contributed by atoms with E-state index in [1.807, 2.05) is 36.4 Å². The third-order valence-electron chi connectivity index (χ3n) is 6.69.